The van der Waals surface area contributed by atoms with E-state index in [0.717, 1.165) is 11.4 Å². The van der Waals surface area contributed by atoms with E-state index in [2.05, 4.69) is 254 Å². The normalized spacial score (nSPS) is 15.6. The average molecular weight is 841 g/mol. The highest BCUT2D eigenvalue weighted by atomic mass is 15.1. The summed E-state index contributed by atoms with van der Waals surface area (Å²) in [6, 6.07) is 86.4. The second kappa shape index (κ2) is 13.7. The van der Waals surface area contributed by atoms with Crippen LogP contribution in [0, 0.1) is 0 Å². The number of para-hydroxylation sites is 4. The first-order valence-corrected chi connectivity index (χ1v) is 23.2. The van der Waals surface area contributed by atoms with Gasteiger partial charge in [-0.25, -0.2) is 0 Å². The highest BCUT2D eigenvalue weighted by Crippen LogP contribution is 2.62. The van der Waals surface area contributed by atoms with E-state index in [1.54, 1.807) is 0 Å². The first kappa shape index (κ1) is 37.2. The largest absolute Gasteiger partial charge is 0.309 e. The fourth-order valence-electron chi connectivity index (χ4n) is 12.4. The summed E-state index contributed by atoms with van der Waals surface area (Å²) in [4.78, 5) is 2.57. The molecule has 0 amide bonds. The fraction of sp³-hybridized carbons (Fsp3) is 0.0625. The van der Waals surface area contributed by atoms with E-state index >= 15 is 0 Å². The predicted molar refractivity (Wildman–Crippen MR) is 275 cm³/mol. The van der Waals surface area contributed by atoms with Crippen molar-refractivity contribution in [3.05, 3.63) is 264 Å². The van der Waals surface area contributed by atoms with E-state index in [9.17, 15) is 0 Å². The molecular weight excluding hydrogens is 797 g/mol. The van der Waals surface area contributed by atoms with Gasteiger partial charge in [0.15, 0.2) is 0 Å². The van der Waals surface area contributed by atoms with Gasteiger partial charge in [-0.3, -0.25) is 0 Å². The van der Waals surface area contributed by atoms with Gasteiger partial charge >= 0.3 is 0 Å². The number of anilines is 3. The molecule has 310 valence electrons. The molecule has 2 heterocycles. The lowest BCUT2D eigenvalue weighted by atomic mass is 9.65. The third kappa shape index (κ3) is 4.85. The summed E-state index contributed by atoms with van der Waals surface area (Å²) in [6.07, 6.45) is 0. The zero-order chi connectivity index (χ0) is 43.7. The Morgan fingerprint density at radius 2 is 0.939 bits per heavy atom. The van der Waals surface area contributed by atoms with Gasteiger partial charge in [-0.1, -0.05) is 208 Å². The van der Waals surface area contributed by atoms with Crippen molar-refractivity contribution in [2.75, 3.05) is 4.90 Å². The van der Waals surface area contributed by atoms with Crippen LogP contribution in [0.25, 0.3) is 72.0 Å². The second-order valence-corrected chi connectivity index (χ2v) is 18.8. The molecule has 0 fully saturated rings. The number of benzene rings is 10. The second-order valence-electron chi connectivity index (χ2n) is 18.8. The van der Waals surface area contributed by atoms with Gasteiger partial charge in [0.05, 0.1) is 33.5 Å². The molecule has 1 aliphatic heterocycles. The smallest absolute Gasteiger partial charge is 0.0755 e. The Balaban J connectivity index is 1.07. The molecule has 0 N–H and O–H groups in total. The van der Waals surface area contributed by atoms with Crippen molar-refractivity contribution < 1.29 is 0 Å². The summed E-state index contributed by atoms with van der Waals surface area (Å²) >= 11 is 0. The summed E-state index contributed by atoms with van der Waals surface area (Å²) in [5.41, 5.74) is 24.4. The van der Waals surface area contributed by atoms with Crippen LogP contribution >= 0.6 is 0 Å². The van der Waals surface area contributed by atoms with Crippen molar-refractivity contribution in [2.24, 2.45) is 0 Å². The van der Waals surface area contributed by atoms with Crippen LogP contribution in [0.15, 0.2) is 231 Å². The first-order chi connectivity index (χ1) is 32.5. The molecule has 1 spiro atoms. The zero-order valence-electron chi connectivity index (χ0n) is 36.8. The molecular formula is C64H44N2. The molecule has 1 aromatic heterocycles. The minimum atomic E-state index is -0.575. The van der Waals surface area contributed by atoms with Gasteiger partial charge in [0, 0.05) is 33.0 Å². The van der Waals surface area contributed by atoms with E-state index in [0.29, 0.717) is 0 Å². The summed E-state index contributed by atoms with van der Waals surface area (Å²) in [7, 11) is 0. The Labute approximate surface area is 385 Å². The first-order valence-electron chi connectivity index (χ1n) is 23.2. The summed E-state index contributed by atoms with van der Waals surface area (Å²) in [5.74, 6) is 0. The Bertz CT molecular complexity index is 3800. The van der Waals surface area contributed by atoms with Crippen LogP contribution in [0.3, 0.4) is 0 Å². The van der Waals surface area contributed by atoms with Gasteiger partial charge in [0.2, 0.25) is 0 Å². The molecule has 66 heavy (non-hydrogen) atoms. The lowest BCUT2D eigenvalue weighted by Crippen LogP contribution is -2.33. The van der Waals surface area contributed by atoms with Crippen LogP contribution in [-0.2, 0) is 10.8 Å². The molecule has 0 saturated carbocycles. The van der Waals surface area contributed by atoms with Gasteiger partial charge < -0.3 is 9.47 Å². The third-order valence-electron chi connectivity index (χ3n) is 15.2. The van der Waals surface area contributed by atoms with Crippen LogP contribution in [0.4, 0.5) is 17.1 Å². The van der Waals surface area contributed by atoms with Crippen molar-refractivity contribution >= 4 is 38.9 Å². The van der Waals surface area contributed by atoms with E-state index in [1.165, 1.54) is 111 Å². The Morgan fingerprint density at radius 1 is 0.364 bits per heavy atom. The minimum absolute atomic E-state index is 0.160. The van der Waals surface area contributed by atoms with Crippen LogP contribution < -0.4 is 4.90 Å². The Morgan fingerprint density at radius 3 is 1.79 bits per heavy atom. The van der Waals surface area contributed by atoms with Crippen LogP contribution in [0.2, 0.25) is 0 Å². The third-order valence-corrected chi connectivity index (χ3v) is 15.2. The van der Waals surface area contributed by atoms with Crippen LogP contribution in [0.5, 0.6) is 0 Å². The summed E-state index contributed by atoms with van der Waals surface area (Å²) < 4.78 is 2.53. The standard InChI is InChI=1S/C64H44N2/c1-63(2)51-25-10-7-23-50(51)61-54(63)28-17-33-60(61)65(57-30-13-8-20-45(57)43-36-34-42(35-37-43)41-18-4-3-5-19-41)44-38-39-47-46-21-6-11-26-52(46)64(56(47)40-44)53-27-12-15-32-59(53)66-58-31-14-9-22-48(58)49-24-16-29-55(64)62(49)66/h3-40H,1-2H3. The monoisotopic (exact) mass is 840 g/mol. The molecule has 10 aromatic carbocycles. The van der Waals surface area contributed by atoms with Gasteiger partial charge in [-0.05, 0) is 103 Å². The zero-order valence-corrected chi connectivity index (χ0v) is 36.8. The van der Waals surface area contributed by atoms with Gasteiger partial charge in [-0.2, -0.15) is 0 Å². The maximum atomic E-state index is 2.57. The van der Waals surface area contributed by atoms with Gasteiger partial charge in [0.1, 0.15) is 0 Å². The maximum absolute atomic E-state index is 2.57. The SMILES string of the molecule is CC1(C)c2ccccc2-c2c(N(c3ccc4c(c3)C3(c5ccccc5-4)c4ccccc4-n4c5ccccc5c5cccc3c54)c3ccccc3-c3ccc(-c4ccccc4)cc3)cccc21. The topological polar surface area (TPSA) is 8.17 Å². The molecule has 2 nitrogen and oxygen atoms in total. The Kier molecular flexibility index (Phi) is 7.70. The van der Waals surface area contributed by atoms with Crippen molar-refractivity contribution in [1.29, 1.82) is 0 Å². The van der Waals surface area contributed by atoms with E-state index in [-0.39, 0.29) is 5.41 Å². The number of rotatable bonds is 5. The quantitative estimate of drug-likeness (QED) is 0.168. The highest BCUT2D eigenvalue weighted by Gasteiger charge is 2.51. The molecule has 1 atom stereocenters. The molecule has 2 aliphatic carbocycles. The number of fused-ring (bicyclic) bond motifs is 15. The molecule has 0 bridgehead atoms. The fourth-order valence-corrected chi connectivity index (χ4v) is 12.4. The number of aromatic nitrogens is 1. The number of hydrogen-bond donors (Lipinski definition) is 0. The number of hydrogen-bond acceptors (Lipinski definition) is 1. The van der Waals surface area contributed by atoms with Gasteiger partial charge in [0.25, 0.3) is 0 Å². The lowest BCUT2D eigenvalue weighted by Gasteiger charge is -2.40. The minimum Gasteiger partial charge on any atom is -0.309 e. The van der Waals surface area contributed by atoms with Crippen molar-refractivity contribution in [3.8, 4) is 50.2 Å². The molecule has 14 rings (SSSR count). The van der Waals surface area contributed by atoms with Crippen molar-refractivity contribution in [1.82, 2.24) is 4.57 Å². The summed E-state index contributed by atoms with van der Waals surface area (Å²) in [6.45, 7) is 4.76. The molecule has 1 unspecified atom stereocenters. The highest BCUT2D eigenvalue weighted by molar-refractivity contribution is 6.13. The molecule has 0 radical (unpaired) electrons. The lowest BCUT2D eigenvalue weighted by molar-refractivity contribution is 0.660. The summed E-state index contributed by atoms with van der Waals surface area (Å²) in [5, 5.41) is 2.57. The van der Waals surface area contributed by atoms with Gasteiger partial charge in [-0.15, -0.1) is 0 Å². The predicted octanol–water partition coefficient (Wildman–Crippen LogP) is 16.6. The molecule has 2 heteroatoms. The molecule has 0 saturated heterocycles. The van der Waals surface area contributed by atoms with Crippen molar-refractivity contribution in [2.45, 2.75) is 24.7 Å². The Hall–Kier alpha value is -8.20. The van der Waals surface area contributed by atoms with Crippen LogP contribution in [0.1, 0.15) is 47.2 Å². The van der Waals surface area contributed by atoms with Crippen LogP contribution in [-0.4, -0.2) is 4.57 Å². The molecule has 11 aromatic rings. The molecule has 3 aliphatic rings. The van der Waals surface area contributed by atoms with E-state index < -0.39 is 5.41 Å². The average Bonchev–Trinajstić information content (AvgIpc) is 3.96. The van der Waals surface area contributed by atoms with E-state index in [4.69, 9.17) is 0 Å². The maximum Gasteiger partial charge on any atom is 0.0755 e. The van der Waals surface area contributed by atoms with Crippen molar-refractivity contribution in [3.63, 3.8) is 0 Å². The van der Waals surface area contributed by atoms with E-state index in [1.807, 2.05) is 0 Å². The number of nitrogens with zero attached hydrogens (tertiary/aromatic N) is 2.